The number of piperidine rings is 1. The number of nitrogens with zero attached hydrogens (tertiary/aromatic N) is 3. The second kappa shape index (κ2) is 6.12. The van der Waals surface area contributed by atoms with Crippen LogP contribution < -0.4 is 11.1 Å². The van der Waals surface area contributed by atoms with Crippen molar-refractivity contribution in [2.45, 2.75) is 24.1 Å². The topological polar surface area (TPSA) is 118 Å². The lowest BCUT2D eigenvalue weighted by atomic mass is 10.0. The van der Waals surface area contributed by atoms with Crippen molar-refractivity contribution in [3.8, 4) is 0 Å². The molecule has 20 heavy (non-hydrogen) atoms. The first-order valence-corrected chi connectivity index (χ1v) is 8.50. The standard InChI is InChI=1S/C10H17N5O3S2/c1-7(16)12-9-13-14-10(19-9)20(17,18)15-4-2-3-8(5-11)6-15/h8H,2-6,11H2,1H3,(H,12,13,16). The number of hydrogen-bond acceptors (Lipinski definition) is 7. The summed E-state index contributed by atoms with van der Waals surface area (Å²) in [5.74, 6) is -0.132. The van der Waals surface area contributed by atoms with Crippen LogP contribution in [-0.4, -0.2) is 48.5 Å². The number of sulfonamides is 1. The number of nitrogens with one attached hydrogen (secondary N) is 1. The van der Waals surface area contributed by atoms with Crippen LogP contribution >= 0.6 is 11.3 Å². The largest absolute Gasteiger partial charge is 0.330 e. The van der Waals surface area contributed by atoms with E-state index < -0.39 is 10.0 Å². The molecule has 0 aliphatic carbocycles. The van der Waals surface area contributed by atoms with E-state index in [1.165, 1.54) is 11.2 Å². The number of carbonyl (C=O) groups is 1. The Balaban J connectivity index is 2.17. The van der Waals surface area contributed by atoms with Gasteiger partial charge in [0.25, 0.3) is 10.0 Å². The minimum Gasteiger partial charge on any atom is -0.330 e. The van der Waals surface area contributed by atoms with Crippen LogP contribution in [0.4, 0.5) is 5.13 Å². The molecule has 0 aromatic carbocycles. The molecule has 1 aliphatic heterocycles. The molecule has 1 atom stereocenters. The number of nitrogens with two attached hydrogens (primary N) is 1. The first-order chi connectivity index (χ1) is 9.43. The van der Waals surface area contributed by atoms with Gasteiger partial charge in [-0.25, -0.2) is 8.42 Å². The van der Waals surface area contributed by atoms with E-state index in [4.69, 9.17) is 5.73 Å². The highest BCUT2D eigenvalue weighted by Crippen LogP contribution is 2.26. The van der Waals surface area contributed by atoms with Crippen molar-refractivity contribution in [2.75, 3.05) is 25.0 Å². The second-order valence-corrected chi connectivity index (χ2v) is 7.75. The van der Waals surface area contributed by atoms with E-state index in [-0.39, 0.29) is 21.3 Å². The van der Waals surface area contributed by atoms with Crippen LogP contribution in [0.25, 0.3) is 0 Å². The molecule has 2 heterocycles. The van der Waals surface area contributed by atoms with Gasteiger partial charge in [0, 0.05) is 20.0 Å². The predicted octanol–water partition coefficient (Wildman–Crippen LogP) is -0.144. The van der Waals surface area contributed by atoms with Gasteiger partial charge in [0.2, 0.25) is 15.4 Å². The molecule has 8 nitrogen and oxygen atoms in total. The first-order valence-electron chi connectivity index (χ1n) is 6.25. The van der Waals surface area contributed by atoms with Crippen LogP contribution in [0.5, 0.6) is 0 Å². The average Bonchev–Trinajstić information content (AvgIpc) is 2.87. The van der Waals surface area contributed by atoms with Crippen LogP contribution in [0.1, 0.15) is 19.8 Å². The molecule has 2 rings (SSSR count). The lowest BCUT2D eigenvalue weighted by molar-refractivity contribution is -0.114. The number of carbonyl (C=O) groups excluding carboxylic acids is 1. The smallest absolute Gasteiger partial charge is 0.272 e. The Labute approximate surface area is 121 Å². The minimum atomic E-state index is -3.65. The summed E-state index contributed by atoms with van der Waals surface area (Å²) in [7, 11) is -3.65. The maximum absolute atomic E-state index is 12.4. The van der Waals surface area contributed by atoms with Crippen molar-refractivity contribution >= 4 is 32.4 Å². The van der Waals surface area contributed by atoms with Gasteiger partial charge in [0.05, 0.1) is 0 Å². The van der Waals surface area contributed by atoms with Gasteiger partial charge in [-0.1, -0.05) is 11.3 Å². The monoisotopic (exact) mass is 319 g/mol. The highest BCUT2D eigenvalue weighted by Gasteiger charge is 2.32. The summed E-state index contributed by atoms with van der Waals surface area (Å²) in [6.45, 7) is 2.67. The van der Waals surface area contributed by atoms with E-state index >= 15 is 0 Å². The van der Waals surface area contributed by atoms with Gasteiger partial charge in [0.15, 0.2) is 0 Å². The van der Waals surface area contributed by atoms with E-state index in [0.29, 0.717) is 19.6 Å². The number of hydrogen-bond donors (Lipinski definition) is 2. The van der Waals surface area contributed by atoms with E-state index in [9.17, 15) is 13.2 Å². The number of aromatic nitrogens is 2. The molecular weight excluding hydrogens is 302 g/mol. The van der Waals surface area contributed by atoms with Crippen molar-refractivity contribution in [2.24, 2.45) is 11.7 Å². The summed E-state index contributed by atoms with van der Waals surface area (Å²) >= 11 is 0.856. The highest BCUT2D eigenvalue weighted by atomic mass is 32.2. The molecule has 1 aromatic heterocycles. The summed E-state index contributed by atoms with van der Waals surface area (Å²) in [4.78, 5) is 10.9. The van der Waals surface area contributed by atoms with Crippen molar-refractivity contribution in [3.05, 3.63) is 0 Å². The van der Waals surface area contributed by atoms with Gasteiger partial charge in [0.1, 0.15) is 0 Å². The summed E-state index contributed by atoms with van der Waals surface area (Å²) in [5, 5.41) is 9.93. The van der Waals surface area contributed by atoms with Crippen LogP contribution in [0, 0.1) is 5.92 Å². The molecule has 1 unspecified atom stereocenters. The van der Waals surface area contributed by atoms with Crippen LogP contribution in [0.2, 0.25) is 0 Å². The maximum atomic E-state index is 12.4. The summed E-state index contributed by atoms with van der Waals surface area (Å²) in [6, 6.07) is 0. The summed E-state index contributed by atoms with van der Waals surface area (Å²) in [5.41, 5.74) is 5.61. The zero-order valence-corrected chi connectivity index (χ0v) is 12.7. The molecule has 0 spiro atoms. The van der Waals surface area contributed by atoms with Gasteiger partial charge in [-0.15, -0.1) is 10.2 Å². The third-order valence-electron chi connectivity index (χ3n) is 3.07. The Morgan fingerprint density at radius 3 is 2.95 bits per heavy atom. The average molecular weight is 319 g/mol. The third kappa shape index (κ3) is 3.32. The fourth-order valence-corrected chi connectivity index (χ4v) is 4.70. The van der Waals surface area contributed by atoms with E-state index in [1.807, 2.05) is 0 Å². The zero-order chi connectivity index (χ0) is 14.8. The third-order valence-corrected chi connectivity index (χ3v) is 6.11. The van der Waals surface area contributed by atoms with E-state index in [1.54, 1.807) is 0 Å². The fourth-order valence-electron chi connectivity index (χ4n) is 2.06. The van der Waals surface area contributed by atoms with Gasteiger partial charge in [-0.05, 0) is 25.3 Å². The SMILES string of the molecule is CC(=O)Nc1nnc(S(=O)(=O)N2CCCC(CN)C2)s1. The molecule has 1 saturated heterocycles. The van der Waals surface area contributed by atoms with Crippen LogP contribution in [0.3, 0.4) is 0 Å². The van der Waals surface area contributed by atoms with E-state index in [0.717, 1.165) is 24.2 Å². The number of anilines is 1. The lowest BCUT2D eigenvalue weighted by Crippen LogP contribution is -2.41. The van der Waals surface area contributed by atoms with Gasteiger partial charge < -0.3 is 11.1 Å². The molecule has 1 aromatic rings. The molecule has 1 amide bonds. The molecule has 0 bridgehead atoms. The van der Waals surface area contributed by atoms with Crippen molar-refractivity contribution in [1.29, 1.82) is 0 Å². The van der Waals surface area contributed by atoms with Gasteiger partial charge in [-0.3, -0.25) is 4.79 Å². The van der Waals surface area contributed by atoms with E-state index in [2.05, 4.69) is 15.5 Å². The zero-order valence-electron chi connectivity index (χ0n) is 11.1. The predicted molar refractivity (Wildman–Crippen MR) is 74.7 cm³/mol. The second-order valence-electron chi connectivity index (χ2n) is 4.66. The Hall–Kier alpha value is -1.10. The quantitative estimate of drug-likeness (QED) is 0.745. The van der Waals surface area contributed by atoms with Gasteiger partial charge >= 0.3 is 0 Å². The highest BCUT2D eigenvalue weighted by molar-refractivity contribution is 7.91. The molecule has 10 heteroatoms. The van der Waals surface area contributed by atoms with Crippen molar-refractivity contribution in [1.82, 2.24) is 14.5 Å². The molecule has 0 saturated carbocycles. The summed E-state index contributed by atoms with van der Waals surface area (Å²) in [6.07, 6.45) is 1.73. The Morgan fingerprint density at radius 2 is 2.30 bits per heavy atom. The molecule has 1 fully saturated rings. The molecule has 3 N–H and O–H groups in total. The lowest BCUT2D eigenvalue weighted by Gasteiger charge is -2.30. The first kappa shape index (κ1) is 15.3. The van der Waals surface area contributed by atoms with Crippen LogP contribution in [0.15, 0.2) is 4.34 Å². The Bertz CT molecular complexity index is 585. The number of amides is 1. The molecule has 1 aliphatic rings. The Kier molecular flexibility index (Phi) is 4.68. The molecule has 0 radical (unpaired) electrons. The van der Waals surface area contributed by atoms with Gasteiger partial charge in [-0.2, -0.15) is 4.31 Å². The molecular formula is C10H17N5O3S2. The van der Waals surface area contributed by atoms with Crippen molar-refractivity contribution in [3.63, 3.8) is 0 Å². The normalized spacial score (nSPS) is 20.8. The summed E-state index contributed by atoms with van der Waals surface area (Å²) < 4.78 is 26.2. The fraction of sp³-hybridized carbons (Fsp3) is 0.700. The number of rotatable bonds is 4. The molecule has 112 valence electrons. The Morgan fingerprint density at radius 1 is 1.55 bits per heavy atom. The van der Waals surface area contributed by atoms with Crippen molar-refractivity contribution < 1.29 is 13.2 Å². The maximum Gasteiger partial charge on any atom is 0.272 e. The van der Waals surface area contributed by atoms with Crippen LogP contribution in [-0.2, 0) is 14.8 Å². The minimum absolute atomic E-state index is 0.0982.